The zero-order valence-electron chi connectivity index (χ0n) is 9.11. The highest BCUT2D eigenvalue weighted by atomic mass is 16.4. The Bertz CT molecular complexity index is 202. The van der Waals surface area contributed by atoms with Crippen molar-refractivity contribution in [3.8, 4) is 0 Å². The van der Waals surface area contributed by atoms with Crippen LogP contribution in [0.2, 0.25) is 0 Å². The van der Waals surface area contributed by atoms with Gasteiger partial charge in [0.1, 0.15) is 5.84 Å². The van der Waals surface area contributed by atoms with Crippen LogP contribution in [0.1, 0.15) is 39.0 Å². The fourth-order valence-electron chi connectivity index (χ4n) is 1.95. The molecule has 0 radical (unpaired) electrons. The number of amidine groups is 1. The van der Waals surface area contributed by atoms with Crippen LogP contribution in [0.25, 0.3) is 0 Å². The Hall–Kier alpha value is -0.770. The first kappa shape index (κ1) is 11.3. The smallest absolute Gasteiger partial charge is 0.140 e. The Labute approximate surface area is 85.8 Å². The average Bonchev–Trinajstić information content (AvgIpc) is 2.10. The van der Waals surface area contributed by atoms with E-state index in [0.29, 0.717) is 24.3 Å². The van der Waals surface area contributed by atoms with Crippen molar-refractivity contribution in [2.24, 2.45) is 10.9 Å². The van der Waals surface area contributed by atoms with Gasteiger partial charge in [-0.15, -0.1) is 0 Å². The summed E-state index contributed by atoms with van der Waals surface area (Å²) in [6.07, 6.45) is 5.64. The van der Waals surface area contributed by atoms with Gasteiger partial charge in [-0.1, -0.05) is 18.5 Å². The Kier molecular flexibility index (Phi) is 4.20. The van der Waals surface area contributed by atoms with Crippen LogP contribution in [0.4, 0.5) is 0 Å². The third-order valence-corrected chi connectivity index (χ3v) is 3.27. The van der Waals surface area contributed by atoms with E-state index in [0.717, 1.165) is 6.42 Å². The Balaban J connectivity index is 2.43. The topological polar surface area (TPSA) is 61.9 Å². The second kappa shape index (κ2) is 5.20. The summed E-state index contributed by atoms with van der Waals surface area (Å²) in [7, 11) is 2.14. The Morgan fingerprint density at radius 1 is 1.64 bits per heavy atom. The van der Waals surface area contributed by atoms with Crippen LogP contribution in [0, 0.1) is 0 Å². The van der Waals surface area contributed by atoms with E-state index in [1.54, 1.807) is 0 Å². The van der Waals surface area contributed by atoms with Gasteiger partial charge in [0.15, 0.2) is 0 Å². The maximum atomic E-state index is 8.52. The van der Waals surface area contributed by atoms with Gasteiger partial charge in [-0.3, -0.25) is 0 Å². The zero-order valence-corrected chi connectivity index (χ0v) is 9.11. The molecular weight excluding hydrogens is 178 g/mol. The van der Waals surface area contributed by atoms with Gasteiger partial charge >= 0.3 is 0 Å². The van der Waals surface area contributed by atoms with Crippen LogP contribution in [-0.4, -0.2) is 35.1 Å². The van der Waals surface area contributed by atoms with E-state index in [4.69, 9.17) is 10.9 Å². The number of nitrogens with zero attached hydrogens (tertiary/aromatic N) is 2. The molecule has 1 unspecified atom stereocenters. The quantitative estimate of drug-likeness (QED) is 0.304. The van der Waals surface area contributed by atoms with Crippen molar-refractivity contribution in [1.82, 2.24) is 4.90 Å². The second-order valence-electron chi connectivity index (χ2n) is 4.11. The van der Waals surface area contributed by atoms with Gasteiger partial charge in [0.2, 0.25) is 0 Å². The minimum Gasteiger partial charge on any atom is -0.409 e. The third-order valence-electron chi connectivity index (χ3n) is 3.27. The fraction of sp³-hybridized carbons (Fsp3) is 0.900. The highest BCUT2D eigenvalue weighted by molar-refractivity contribution is 5.80. The molecule has 0 aromatic rings. The molecule has 1 saturated carbocycles. The molecule has 0 spiro atoms. The molecule has 0 amide bonds. The lowest BCUT2D eigenvalue weighted by Crippen LogP contribution is -2.45. The molecular formula is C10H21N3O. The first-order valence-corrected chi connectivity index (χ1v) is 5.37. The van der Waals surface area contributed by atoms with Gasteiger partial charge in [-0.05, 0) is 26.3 Å². The summed E-state index contributed by atoms with van der Waals surface area (Å²) in [5.74, 6) is 0.336. The van der Waals surface area contributed by atoms with E-state index < -0.39 is 0 Å². The number of oxime groups is 1. The van der Waals surface area contributed by atoms with Gasteiger partial charge < -0.3 is 15.8 Å². The van der Waals surface area contributed by atoms with E-state index in [2.05, 4.69) is 24.0 Å². The van der Waals surface area contributed by atoms with Crippen molar-refractivity contribution in [2.75, 3.05) is 7.05 Å². The lowest BCUT2D eigenvalue weighted by Gasteiger charge is -2.39. The summed E-state index contributed by atoms with van der Waals surface area (Å²) in [4.78, 5) is 2.38. The first-order chi connectivity index (χ1) is 6.69. The molecule has 14 heavy (non-hydrogen) atoms. The monoisotopic (exact) mass is 199 g/mol. The van der Waals surface area contributed by atoms with Crippen molar-refractivity contribution >= 4 is 5.84 Å². The molecule has 82 valence electrons. The van der Waals surface area contributed by atoms with E-state index in [-0.39, 0.29) is 0 Å². The highest BCUT2D eigenvalue weighted by Gasteiger charge is 2.26. The first-order valence-electron chi connectivity index (χ1n) is 5.37. The van der Waals surface area contributed by atoms with Crippen molar-refractivity contribution < 1.29 is 5.21 Å². The maximum absolute atomic E-state index is 8.52. The Morgan fingerprint density at radius 2 is 2.29 bits per heavy atom. The van der Waals surface area contributed by atoms with Crippen LogP contribution in [-0.2, 0) is 0 Å². The number of rotatable bonds is 5. The van der Waals surface area contributed by atoms with E-state index in [9.17, 15) is 0 Å². The zero-order chi connectivity index (χ0) is 10.6. The minimum absolute atomic E-state index is 0.336. The molecule has 4 nitrogen and oxygen atoms in total. The number of hydrogen-bond acceptors (Lipinski definition) is 3. The summed E-state index contributed by atoms with van der Waals surface area (Å²) in [5, 5.41) is 11.5. The van der Waals surface area contributed by atoms with Gasteiger partial charge in [0, 0.05) is 18.5 Å². The van der Waals surface area contributed by atoms with Gasteiger partial charge in [0.05, 0.1) is 0 Å². The molecule has 1 aliphatic rings. The van der Waals surface area contributed by atoms with Crippen molar-refractivity contribution in [1.29, 1.82) is 0 Å². The molecule has 0 bridgehead atoms. The summed E-state index contributed by atoms with van der Waals surface area (Å²) in [5.41, 5.74) is 5.52. The second-order valence-corrected chi connectivity index (χ2v) is 4.11. The Morgan fingerprint density at radius 3 is 2.64 bits per heavy atom. The lowest BCUT2D eigenvalue weighted by atomic mass is 9.90. The van der Waals surface area contributed by atoms with Crippen LogP contribution in [0.5, 0.6) is 0 Å². The molecule has 0 saturated heterocycles. The minimum atomic E-state index is 0.336. The molecule has 1 fully saturated rings. The van der Waals surface area contributed by atoms with Crippen molar-refractivity contribution in [3.63, 3.8) is 0 Å². The summed E-state index contributed by atoms with van der Waals surface area (Å²) >= 11 is 0. The fourth-order valence-corrected chi connectivity index (χ4v) is 1.95. The third kappa shape index (κ3) is 2.61. The SMILES string of the molecule is CCC(CC(N)=NO)N(C)C1CCC1. The van der Waals surface area contributed by atoms with Crippen molar-refractivity contribution in [3.05, 3.63) is 0 Å². The maximum Gasteiger partial charge on any atom is 0.140 e. The van der Waals surface area contributed by atoms with E-state index >= 15 is 0 Å². The molecule has 0 aliphatic heterocycles. The van der Waals surface area contributed by atoms with Gasteiger partial charge in [0.25, 0.3) is 0 Å². The molecule has 4 heteroatoms. The summed E-state index contributed by atoms with van der Waals surface area (Å²) in [6.45, 7) is 2.14. The number of hydrogen-bond donors (Lipinski definition) is 2. The van der Waals surface area contributed by atoms with Crippen LogP contribution in [0.3, 0.4) is 0 Å². The summed E-state index contributed by atoms with van der Waals surface area (Å²) < 4.78 is 0. The molecule has 1 atom stereocenters. The molecule has 1 rings (SSSR count). The number of nitrogens with two attached hydrogens (primary N) is 1. The van der Waals surface area contributed by atoms with E-state index in [1.165, 1.54) is 19.3 Å². The summed E-state index contributed by atoms with van der Waals surface area (Å²) in [6, 6.07) is 1.13. The normalized spacial score (nSPS) is 20.9. The van der Waals surface area contributed by atoms with E-state index in [1.807, 2.05) is 0 Å². The van der Waals surface area contributed by atoms with Crippen LogP contribution < -0.4 is 5.73 Å². The predicted octanol–water partition coefficient (Wildman–Crippen LogP) is 1.39. The van der Waals surface area contributed by atoms with Crippen molar-refractivity contribution in [2.45, 2.75) is 51.1 Å². The predicted molar refractivity (Wildman–Crippen MR) is 57.5 cm³/mol. The molecule has 0 aromatic heterocycles. The van der Waals surface area contributed by atoms with Gasteiger partial charge in [-0.25, -0.2) is 0 Å². The van der Waals surface area contributed by atoms with Crippen LogP contribution >= 0.6 is 0 Å². The van der Waals surface area contributed by atoms with Crippen LogP contribution in [0.15, 0.2) is 5.16 Å². The highest BCUT2D eigenvalue weighted by Crippen LogP contribution is 2.26. The van der Waals surface area contributed by atoms with Gasteiger partial charge in [-0.2, -0.15) is 0 Å². The lowest BCUT2D eigenvalue weighted by molar-refractivity contribution is 0.110. The molecule has 0 aromatic carbocycles. The average molecular weight is 199 g/mol. The standard InChI is InChI=1S/C10H21N3O/c1-3-8(7-10(11)12-14)13(2)9-5-4-6-9/h8-9,14H,3-7H2,1-2H3,(H2,11,12). The molecule has 3 N–H and O–H groups in total. The largest absolute Gasteiger partial charge is 0.409 e. The molecule has 0 heterocycles. The molecule has 1 aliphatic carbocycles.